The highest BCUT2D eigenvalue weighted by molar-refractivity contribution is 6.30. The second-order valence-corrected chi connectivity index (χ2v) is 8.35. The second kappa shape index (κ2) is 8.03. The minimum atomic E-state index is -0.424. The Labute approximate surface area is 176 Å². The minimum absolute atomic E-state index is 0.0979. The molecule has 150 valence electrons. The van der Waals surface area contributed by atoms with Gasteiger partial charge in [-0.25, -0.2) is 0 Å². The molecule has 0 spiro atoms. The quantitative estimate of drug-likeness (QED) is 0.629. The first-order valence-corrected chi connectivity index (χ1v) is 10.5. The maximum Gasteiger partial charge on any atom is 0.230 e. The van der Waals surface area contributed by atoms with E-state index in [1.165, 1.54) is 5.56 Å². The summed E-state index contributed by atoms with van der Waals surface area (Å²) in [5.41, 5.74) is 5.00. The molecule has 1 N–H and O–H groups in total. The Morgan fingerprint density at radius 1 is 1.10 bits per heavy atom. The lowest BCUT2D eigenvalue weighted by atomic mass is 9.64. The van der Waals surface area contributed by atoms with Crippen molar-refractivity contribution in [3.8, 4) is 0 Å². The number of carbonyl (C=O) groups excluding carboxylic acids is 1. The van der Waals surface area contributed by atoms with E-state index in [1.54, 1.807) is 0 Å². The largest absolute Gasteiger partial charge is 0.351 e. The van der Waals surface area contributed by atoms with Gasteiger partial charge in [-0.2, -0.15) is 5.10 Å². The highest BCUT2D eigenvalue weighted by atomic mass is 35.5. The standard InChI is InChI=1S/C24H26ClN3O/c1-17-22(18(2)28(27-17)16-19-7-4-3-5-8-19)15-26-23(29)24(13-6-14-24)20-9-11-21(25)12-10-20/h3-5,7-12H,6,13-16H2,1-2H3,(H,26,29). The maximum atomic E-state index is 13.2. The zero-order valence-electron chi connectivity index (χ0n) is 16.9. The van der Waals surface area contributed by atoms with Gasteiger partial charge in [0.25, 0.3) is 0 Å². The van der Waals surface area contributed by atoms with E-state index in [1.807, 2.05) is 54.1 Å². The van der Waals surface area contributed by atoms with Crippen LogP contribution in [0.25, 0.3) is 0 Å². The Morgan fingerprint density at radius 2 is 1.79 bits per heavy atom. The van der Waals surface area contributed by atoms with Crippen molar-refractivity contribution in [2.75, 3.05) is 0 Å². The molecule has 1 amide bonds. The molecule has 1 aromatic heterocycles. The van der Waals surface area contributed by atoms with Gasteiger partial charge in [0.1, 0.15) is 0 Å². The summed E-state index contributed by atoms with van der Waals surface area (Å²) in [6.45, 7) is 5.31. The minimum Gasteiger partial charge on any atom is -0.351 e. The van der Waals surface area contributed by atoms with Crippen molar-refractivity contribution in [2.24, 2.45) is 0 Å². The highest BCUT2D eigenvalue weighted by Crippen LogP contribution is 2.44. The average Bonchev–Trinajstić information content (AvgIpc) is 2.94. The van der Waals surface area contributed by atoms with E-state index in [4.69, 9.17) is 16.7 Å². The molecule has 4 nitrogen and oxygen atoms in total. The first kappa shape index (κ1) is 19.7. The smallest absolute Gasteiger partial charge is 0.230 e. The van der Waals surface area contributed by atoms with Crippen molar-refractivity contribution in [3.63, 3.8) is 0 Å². The van der Waals surface area contributed by atoms with E-state index >= 15 is 0 Å². The van der Waals surface area contributed by atoms with Gasteiger partial charge < -0.3 is 5.32 Å². The summed E-state index contributed by atoms with van der Waals surface area (Å²) in [6.07, 6.45) is 2.83. The van der Waals surface area contributed by atoms with Crippen LogP contribution in [-0.4, -0.2) is 15.7 Å². The number of amides is 1. The van der Waals surface area contributed by atoms with Crippen LogP contribution in [0.1, 0.15) is 47.3 Å². The third kappa shape index (κ3) is 3.82. The van der Waals surface area contributed by atoms with Crippen molar-refractivity contribution >= 4 is 17.5 Å². The maximum absolute atomic E-state index is 13.2. The first-order chi connectivity index (χ1) is 14.0. The summed E-state index contributed by atoms with van der Waals surface area (Å²) in [5.74, 6) is 0.0979. The molecule has 0 bridgehead atoms. The predicted octanol–water partition coefficient (Wildman–Crippen LogP) is 4.94. The molecule has 0 unspecified atom stereocenters. The Bertz CT molecular complexity index is 1000. The number of carbonyl (C=O) groups is 1. The monoisotopic (exact) mass is 407 g/mol. The second-order valence-electron chi connectivity index (χ2n) is 7.92. The zero-order valence-corrected chi connectivity index (χ0v) is 17.7. The lowest BCUT2D eigenvalue weighted by molar-refractivity contribution is -0.130. The fourth-order valence-corrected chi connectivity index (χ4v) is 4.31. The van der Waals surface area contributed by atoms with E-state index in [0.29, 0.717) is 11.6 Å². The molecule has 0 atom stereocenters. The first-order valence-electron chi connectivity index (χ1n) is 10.1. The van der Waals surface area contributed by atoms with Crippen molar-refractivity contribution in [2.45, 2.75) is 51.6 Å². The topological polar surface area (TPSA) is 46.9 Å². The van der Waals surface area contributed by atoms with Gasteiger partial charge in [0.2, 0.25) is 5.91 Å². The zero-order chi connectivity index (χ0) is 20.4. The van der Waals surface area contributed by atoms with Crippen LogP contribution in [0.5, 0.6) is 0 Å². The molecule has 1 saturated carbocycles. The van der Waals surface area contributed by atoms with Crippen LogP contribution in [0.4, 0.5) is 0 Å². The molecule has 5 heteroatoms. The van der Waals surface area contributed by atoms with Gasteiger partial charge in [0, 0.05) is 22.8 Å². The van der Waals surface area contributed by atoms with Crippen molar-refractivity contribution in [1.29, 1.82) is 0 Å². The van der Waals surface area contributed by atoms with Gasteiger partial charge in [-0.05, 0) is 49.9 Å². The molecule has 4 rings (SSSR count). The fraction of sp³-hybridized carbons (Fsp3) is 0.333. The van der Waals surface area contributed by atoms with Gasteiger partial charge in [-0.3, -0.25) is 9.48 Å². The molecule has 2 aromatic carbocycles. The molecular weight excluding hydrogens is 382 g/mol. The third-order valence-electron chi connectivity index (χ3n) is 6.17. The molecule has 1 fully saturated rings. The van der Waals surface area contributed by atoms with Gasteiger partial charge in [-0.1, -0.05) is 60.5 Å². The number of aromatic nitrogens is 2. The van der Waals surface area contributed by atoms with Crippen LogP contribution in [0, 0.1) is 13.8 Å². The van der Waals surface area contributed by atoms with Crippen LogP contribution in [0.2, 0.25) is 5.02 Å². The number of hydrogen-bond donors (Lipinski definition) is 1. The van der Waals surface area contributed by atoms with E-state index in [2.05, 4.69) is 24.4 Å². The average molecular weight is 408 g/mol. The number of halogens is 1. The lowest BCUT2D eigenvalue weighted by Crippen LogP contribution is -2.49. The van der Waals surface area contributed by atoms with Crippen molar-refractivity contribution < 1.29 is 4.79 Å². The number of benzene rings is 2. The Balaban J connectivity index is 1.48. The molecule has 1 heterocycles. The van der Waals surface area contributed by atoms with Crippen LogP contribution in [0.3, 0.4) is 0 Å². The van der Waals surface area contributed by atoms with Crippen LogP contribution in [0.15, 0.2) is 54.6 Å². The summed E-state index contributed by atoms with van der Waals surface area (Å²) in [6, 6.07) is 18.0. The van der Waals surface area contributed by atoms with E-state index < -0.39 is 5.41 Å². The molecule has 29 heavy (non-hydrogen) atoms. The summed E-state index contributed by atoms with van der Waals surface area (Å²) in [4.78, 5) is 13.2. The van der Waals surface area contributed by atoms with Crippen LogP contribution < -0.4 is 5.32 Å². The summed E-state index contributed by atoms with van der Waals surface area (Å²) >= 11 is 6.03. The van der Waals surface area contributed by atoms with Gasteiger partial charge in [-0.15, -0.1) is 0 Å². The molecule has 0 saturated heterocycles. The van der Waals surface area contributed by atoms with E-state index in [9.17, 15) is 4.79 Å². The Kier molecular flexibility index (Phi) is 5.46. The lowest BCUT2D eigenvalue weighted by Gasteiger charge is -2.40. The fourth-order valence-electron chi connectivity index (χ4n) is 4.18. The number of hydrogen-bond acceptors (Lipinski definition) is 2. The van der Waals surface area contributed by atoms with Crippen LogP contribution >= 0.6 is 11.6 Å². The summed E-state index contributed by atoms with van der Waals surface area (Å²) < 4.78 is 2.02. The molecule has 3 aromatic rings. The van der Waals surface area contributed by atoms with Crippen molar-refractivity contribution in [1.82, 2.24) is 15.1 Å². The molecular formula is C24H26ClN3O. The van der Waals surface area contributed by atoms with Gasteiger partial charge in [0.15, 0.2) is 0 Å². The molecule has 0 radical (unpaired) electrons. The summed E-state index contributed by atoms with van der Waals surface area (Å²) in [7, 11) is 0. The molecule has 1 aliphatic rings. The van der Waals surface area contributed by atoms with Crippen molar-refractivity contribution in [3.05, 3.63) is 87.7 Å². The van der Waals surface area contributed by atoms with Gasteiger partial charge >= 0.3 is 0 Å². The third-order valence-corrected chi connectivity index (χ3v) is 6.42. The van der Waals surface area contributed by atoms with E-state index in [0.717, 1.165) is 48.3 Å². The highest BCUT2D eigenvalue weighted by Gasteiger charge is 2.45. The molecule has 1 aliphatic carbocycles. The van der Waals surface area contributed by atoms with Crippen LogP contribution in [-0.2, 0) is 23.3 Å². The Hall–Kier alpha value is -2.59. The predicted molar refractivity (Wildman–Crippen MR) is 116 cm³/mol. The number of aryl methyl sites for hydroxylation is 1. The molecule has 0 aliphatic heterocycles. The number of rotatable bonds is 6. The number of nitrogens with one attached hydrogen (secondary N) is 1. The van der Waals surface area contributed by atoms with E-state index in [-0.39, 0.29) is 5.91 Å². The van der Waals surface area contributed by atoms with Gasteiger partial charge in [0.05, 0.1) is 17.7 Å². The SMILES string of the molecule is Cc1nn(Cc2ccccc2)c(C)c1CNC(=O)C1(c2ccc(Cl)cc2)CCC1. The Morgan fingerprint density at radius 3 is 2.41 bits per heavy atom. The summed E-state index contributed by atoms with van der Waals surface area (Å²) in [5, 5.41) is 8.58. The number of nitrogens with zero attached hydrogens (tertiary/aromatic N) is 2. The normalized spacial score (nSPS) is 15.0.